The normalized spacial score (nSPS) is 12.2. The lowest BCUT2D eigenvalue weighted by Crippen LogP contribution is -1.91. The molecule has 9 aromatic rings. The molecule has 4 aromatic carbocycles. The second-order valence-electron chi connectivity index (χ2n) is 15.3. The van der Waals surface area contributed by atoms with Gasteiger partial charge in [0.05, 0.1) is 22.8 Å². The van der Waals surface area contributed by atoms with Crippen LogP contribution in [-0.4, -0.2) is 40.1 Å². The number of phenols is 2. The van der Waals surface area contributed by atoms with Crippen LogP contribution in [0.15, 0.2) is 134 Å². The number of phenolic OH excluding ortho intramolecular Hbond substituents is 2. The van der Waals surface area contributed by atoms with Crippen molar-refractivity contribution in [1.29, 1.82) is 0 Å². The summed E-state index contributed by atoms with van der Waals surface area (Å²) in [4.78, 5) is 27.6. The Morgan fingerprint density at radius 1 is 0.400 bits per heavy atom. The molecule has 8 bridgehead atoms. The minimum Gasteiger partial charge on any atom is -0.506 e. The monoisotopic (exact) mass is 776 g/mol. The van der Waals surface area contributed by atoms with Crippen LogP contribution in [0.4, 0.5) is 0 Å². The zero-order valence-electron chi connectivity index (χ0n) is 32.7. The van der Waals surface area contributed by atoms with E-state index in [0.29, 0.717) is 11.0 Å². The molecule has 0 fully saturated rings. The van der Waals surface area contributed by atoms with Gasteiger partial charge in [-0.25, -0.2) is 9.97 Å². The molecule has 8 nitrogen and oxygen atoms in total. The molecule has 0 spiro atoms. The van der Waals surface area contributed by atoms with E-state index >= 15 is 0 Å². The Morgan fingerprint density at radius 3 is 1.17 bits per heavy atom. The molecule has 0 saturated carbocycles. The molecule has 7 heterocycles. The molecule has 2 aliphatic heterocycles. The van der Waals surface area contributed by atoms with E-state index in [1.807, 2.05) is 36.4 Å². The van der Waals surface area contributed by atoms with Gasteiger partial charge in [-0.1, -0.05) is 71.8 Å². The van der Waals surface area contributed by atoms with Crippen molar-refractivity contribution in [3.63, 3.8) is 0 Å². The van der Waals surface area contributed by atoms with E-state index in [1.165, 1.54) is 0 Å². The lowest BCUT2D eigenvalue weighted by molar-refractivity contribution is 0.480. The van der Waals surface area contributed by atoms with Gasteiger partial charge in [0.25, 0.3) is 0 Å². The molecule has 0 aliphatic carbocycles. The van der Waals surface area contributed by atoms with E-state index in [2.05, 4.69) is 131 Å². The van der Waals surface area contributed by atoms with Crippen molar-refractivity contribution in [2.45, 2.75) is 13.8 Å². The molecule has 8 heteroatoms. The van der Waals surface area contributed by atoms with Crippen molar-refractivity contribution in [1.82, 2.24) is 29.9 Å². The maximum absolute atomic E-state index is 10.9. The Bertz CT molecular complexity index is 3230. The van der Waals surface area contributed by atoms with Crippen LogP contribution in [0.25, 0.3) is 113 Å². The molecule has 0 saturated heterocycles. The second kappa shape index (κ2) is 13.8. The number of aromatic hydroxyl groups is 2. The fourth-order valence-corrected chi connectivity index (χ4v) is 8.57. The average molecular weight is 777 g/mol. The third kappa shape index (κ3) is 5.76. The van der Waals surface area contributed by atoms with Crippen LogP contribution >= 0.6 is 0 Å². The highest BCUT2D eigenvalue weighted by molar-refractivity contribution is 6.07. The van der Waals surface area contributed by atoms with Gasteiger partial charge in [0.15, 0.2) is 0 Å². The minimum atomic E-state index is 0.116. The highest BCUT2D eigenvalue weighted by Gasteiger charge is 2.21. The Hall–Kier alpha value is -8.10. The third-order valence-electron chi connectivity index (χ3n) is 11.5. The van der Waals surface area contributed by atoms with E-state index in [9.17, 15) is 10.2 Å². The number of aromatic amines is 2. The molecule has 2 aliphatic rings. The summed E-state index contributed by atoms with van der Waals surface area (Å²) in [5.74, 6) is 0.231. The number of hydrogen-bond donors (Lipinski definition) is 4. The Labute approximate surface area is 344 Å². The van der Waals surface area contributed by atoms with E-state index in [-0.39, 0.29) is 11.5 Å². The molecule has 286 valence electrons. The van der Waals surface area contributed by atoms with Gasteiger partial charge in [-0.05, 0) is 121 Å². The van der Waals surface area contributed by atoms with Crippen molar-refractivity contribution in [3.05, 3.63) is 168 Å². The summed E-state index contributed by atoms with van der Waals surface area (Å²) in [6.45, 7) is 4.17. The van der Waals surface area contributed by atoms with Crippen LogP contribution < -0.4 is 0 Å². The fraction of sp³-hybridized carbons (Fsp3) is 0.0385. The Kier molecular flexibility index (Phi) is 8.06. The number of fused-ring (bicyclic) bond motifs is 10. The fourth-order valence-electron chi connectivity index (χ4n) is 8.57. The van der Waals surface area contributed by atoms with Crippen LogP contribution in [0.3, 0.4) is 0 Å². The number of benzene rings is 4. The summed E-state index contributed by atoms with van der Waals surface area (Å²) >= 11 is 0. The number of aryl methyl sites for hydroxylation is 2. The maximum atomic E-state index is 10.9. The van der Waals surface area contributed by atoms with Crippen molar-refractivity contribution in [2.75, 3.05) is 0 Å². The van der Waals surface area contributed by atoms with Crippen LogP contribution in [0.5, 0.6) is 11.5 Å². The predicted octanol–water partition coefficient (Wildman–Crippen LogP) is 12.4. The average Bonchev–Trinajstić information content (AvgIpc) is 4.12. The largest absolute Gasteiger partial charge is 0.506 e. The van der Waals surface area contributed by atoms with Gasteiger partial charge in [0, 0.05) is 67.5 Å². The van der Waals surface area contributed by atoms with Gasteiger partial charge in [-0.15, -0.1) is 0 Å². The quantitative estimate of drug-likeness (QED) is 0.141. The zero-order valence-corrected chi connectivity index (χ0v) is 32.7. The molecular weight excluding hydrogens is 741 g/mol. The van der Waals surface area contributed by atoms with E-state index in [4.69, 9.17) is 9.97 Å². The van der Waals surface area contributed by atoms with E-state index < -0.39 is 0 Å². The molecule has 4 N–H and O–H groups in total. The van der Waals surface area contributed by atoms with Crippen molar-refractivity contribution < 1.29 is 10.2 Å². The van der Waals surface area contributed by atoms with Gasteiger partial charge >= 0.3 is 0 Å². The first-order chi connectivity index (χ1) is 29.4. The SMILES string of the molecule is Cc1ccc(-c2c3nc(c(-c4ccc(O)c5ncccc45)c4ccc([nH]4)c(-c4ccc(C)cc4)c4nc(c(-c5ccc(O)c6ncccc56)c5ccc2[nH]5)C=C4)C=C3)cc1. The molecule has 60 heavy (non-hydrogen) atoms. The van der Waals surface area contributed by atoms with Gasteiger partial charge in [0.1, 0.15) is 22.5 Å². The molecule has 11 rings (SSSR count). The number of rotatable bonds is 4. The summed E-state index contributed by atoms with van der Waals surface area (Å²) < 4.78 is 0. The number of aromatic nitrogens is 6. The first-order valence-electron chi connectivity index (χ1n) is 19.8. The minimum absolute atomic E-state index is 0.116. The standard InChI is InChI=1S/C52H36N6O2/c1-29-7-11-31(12-8-29)47-37-17-21-41(55-37)49(33-15-25-45(59)51-35(33)5-3-27-53-51)43-23-19-39(57-43)48(32-13-9-30(2)10-14-32)40-20-24-44(58-40)50(42-22-18-38(47)56-42)34-16-26-46(60)52-36(34)6-4-28-54-52/h3-28,55,58-60H,1-2H3. The molecule has 0 radical (unpaired) electrons. The van der Waals surface area contributed by atoms with Crippen LogP contribution in [0.2, 0.25) is 0 Å². The summed E-state index contributed by atoms with van der Waals surface area (Å²) in [6, 6.07) is 40.5. The third-order valence-corrected chi connectivity index (χ3v) is 11.5. The summed E-state index contributed by atoms with van der Waals surface area (Å²) in [5.41, 5.74) is 17.3. The van der Waals surface area contributed by atoms with E-state index in [1.54, 1.807) is 24.5 Å². The summed E-state index contributed by atoms with van der Waals surface area (Å²) in [6.07, 6.45) is 11.7. The smallest absolute Gasteiger partial charge is 0.141 e. The van der Waals surface area contributed by atoms with Crippen molar-refractivity contribution in [2.24, 2.45) is 0 Å². The summed E-state index contributed by atoms with van der Waals surface area (Å²) in [5, 5.41) is 23.5. The first kappa shape index (κ1) is 35.1. The number of H-pyrrole nitrogens is 2. The van der Waals surface area contributed by atoms with Gasteiger partial charge < -0.3 is 20.2 Å². The van der Waals surface area contributed by atoms with Crippen molar-refractivity contribution in [3.8, 4) is 56.0 Å². The van der Waals surface area contributed by atoms with Gasteiger partial charge in [-0.3, -0.25) is 9.97 Å². The molecular formula is C52H36N6O2. The molecule has 5 aromatic heterocycles. The second-order valence-corrected chi connectivity index (χ2v) is 15.3. The number of nitrogens with zero attached hydrogens (tertiary/aromatic N) is 4. The topological polar surface area (TPSA) is 124 Å². The van der Waals surface area contributed by atoms with Crippen LogP contribution in [0, 0.1) is 13.8 Å². The van der Waals surface area contributed by atoms with E-state index in [0.717, 1.165) is 111 Å². The van der Waals surface area contributed by atoms with Gasteiger partial charge in [0.2, 0.25) is 0 Å². The predicted molar refractivity (Wildman–Crippen MR) is 244 cm³/mol. The van der Waals surface area contributed by atoms with Gasteiger partial charge in [-0.2, -0.15) is 0 Å². The molecule has 0 amide bonds. The lowest BCUT2D eigenvalue weighted by atomic mass is 9.98. The number of hydrogen-bond acceptors (Lipinski definition) is 6. The number of pyridine rings is 2. The lowest BCUT2D eigenvalue weighted by Gasteiger charge is -2.10. The molecule has 0 unspecified atom stereocenters. The van der Waals surface area contributed by atoms with Crippen LogP contribution in [-0.2, 0) is 0 Å². The highest BCUT2D eigenvalue weighted by Crippen LogP contribution is 2.42. The maximum Gasteiger partial charge on any atom is 0.141 e. The first-order valence-corrected chi connectivity index (χ1v) is 19.8. The highest BCUT2D eigenvalue weighted by atomic mass is 16.3. The zero-order chi connectivity index (χ0) is 40.5. The Balaban J connectivity index is 1.34. The summed E-state index contributed by atoms with van der Waals surface area (Å²) in [7, 11) is 0. The molecule has 0 atom stereocenters. The van der Waals surface area contributed by atoms with Crippen LogP contribution in [0.1, 0.15) is 33.9 Å². The number of nitrogens with one attached hydrogen (secondary N) is 2. The Morgan fingerprint density at radius 2 is 0.767 bits per heavy atom. The van der Waals surface area contributed by atoms with Crippen molar-refractivity contribution >= 4 is 68.2 Å².